The first-order chi connectivity index (χ1) is 9.34. The highest BCUT2D eigenvalue weighted by Gasteiger charge is 2.16. The van der Waals surface area contributed by atoms with Gasteiger partial charge in [-0.2, -0.15) is 0 Å². The minimum absolute atomic E-state index is 0.0438. The van der Waals surface area contributed by atoms with Crippen molar-refractivity contribution in [2.45, 2.75) is 47.0 Å². The van der Waals surface area contributed by atoms with Gasteiger partial charge in [0.15, 0.2) is 0 Å². The Balaban J connectivity index is 5.92. The van der Waals surface area contributed by atoms with Crippen molar-refractivity contribution in [3.63, 3.8) is 0 Å². The molecule has 0 rings (SSSR count). The zero-order chi connectivity index (χ0) is 15.7. The molecule has 0 aliphatic rings. The summed E-state index contributed by atoms with van der Waals surface area (Å²) in [5.41, 5.74) is 5.94. The molecule has 112 valence electrons. The highest BCUT2D eigenvalue weighted by atomic mass is 19.1. The van der Waals surface area contributed by atoms with E-state index in [4.69, 9.17) is 5.73 Å². The molecule has 0 fully saturated rings. The second-order valence-corrected chi connectivity index (χ2v) is 4.55. The van der Waals surface area contributed by atoms with Crippen LogP contribution in [-0.2, 0) is 4.79 Å². The highest BCUT2D eigenvalue weighted by molar-refractivity contribution is 5.97. The predicted molar refractivity (Wildman–Crippen MR) is 79.2 cm³/mol. The van der Waals surface area contributed by atoms with Gasteiger partial charge in [0.2, 0.25) is 5.91 Å². The Morgan fingerprint density at radius 2 is 1.70 bits per heavy atom. The third-order valence-electron chi connectivity index (χ3n) is 2.81. The molecular weight excluding hydrogens is 260 g/mol. The Hall–Kier alpha value is -1.71. The molecule has 2 nitrogen and oxygen atoms in total. The van der Waals surface area contributed by atoms with Crippen LogP contribution in [0.1, 0.15) is 47.0 Å². The average molecular weight is 283 g/mol. The van der Waals surface area contributed by atoms with Crippen LogP contribution in [0.3, 0.4) is 0 Å². The Morgan fingerprint density at radius 3 is 2.10 bits per heavy atom. The number of unbranched alkanes of at least 4 members (excludes halogenated alkanes) is 1. The van der Waals surface area contributed by atoms with E-state index in [9.17, 15) is 13.6 Å². The lowest BCUT2D eigenvalue weighted by Gasteiger charge is -2.10. The number of amides is 1. The van der Waals surface area contributed by atoms with Crippen LogP contribution >= 0.6 is 0 Å². The van der Waals surface area contributed by atoms with E-state index in [-0.39, 0.29) is 11.1 Å². The fraction of sp³-hybridized carbons (Fsp3) is 0.438. The summed E-state index contributed by atoms with van der Waals surface area (Å²) in [5.74, 6) is -1.71. The Labute approximate surface area is 119 Å². The van der Waals surface area contributed by atoms with Crippen LogP contribution in [-0.4, -0.2) is 5.91 Å². The van der Waals surface area contributed by atoms with Gasteiger partial charge in [-0.05, 0) is 44.4 Å². The molecule has 2 N–H and O–H groups in total. The summed E-state index contributed by atoms with van der Waals surface area (Å²) in [5, 5.41) is 0. The first kappa shape index (κ1) is 18.3. The maximum Gasteiger partial charge on any atom is 0.249 e. The van der Waals surface area contributed by atoms with Gasteiger partial charge in [-0.25, -0.2) is 8.78 Å². The van der Waals surface area contributed by atoms with Crippen molar-refractivity contribution in [3.8, 4) is 0 Å². The fourth-order valence-electron chi connectivity index (χ4n) is 1.50. The SMILES string of the molecule is CCC\C=C(C(N)=O)/C(=C/C=C(\C)F)C(/F)=C(\C)CC. The maximum atomic E-state index is 14.4. The molecule has 20 heavy (non-hydrogen) atoms. The Morgan fingerprint density at radius 1 is 1.10 bits per heavy atom. The second kappa shape index (κ2) is 9.23. The number of allylic oxidation sites excluding steroid dienone is 6. The van der Waals surface area contributed by atoms with Crippen molar-refractivity contribution >= 4 is 5.91 Å². The smallest absolute Gasteiger partial charge is 0.249 e. The normalized spacial score (nSPS) is 15.2. The largest absolute Gasteiger partial charge is 0.366 e. The average Bonchev–Trinajstić information content (AvgIpc) is 2.40. The summed E-state index contributed by atoms with van der Waals surface area (Å²) >= 11 is 0. The third-order valence-corrected chi connectivity index (χ3v) is 2.81. The number of hydrogen-bond donors (Lipinski definition) is 1. The molecule has 0 bridgehead atoms. The van der Waals surface area contributed by atoms with Crippen LogP contribution in [0.4, 0.5) is 8.78 Å². The standard InChI is InChI=1S/C16H23F2NO/c1-5-7-8-14(16(19)20)13(10-9-12(4)17)15(18)11(3)6-2/h8-10H,5-7H2,1-4H3,(H2,19,20)/b12-9+,13-10-,14-8+,15-11-. The van der Waals surface area contributed by atoms with E-state index in [1.807, 2.05) is 13.8 Å². The molecule has 0 aromatic rings. The Bertz CT molecular complexity index is 467. The number of halogens is 2. The van der Waals surface area contributed by atoms with E-state index >= 15 is 0 Å². The first-order valence-corrected chi connectivity index (χ1v) is 6.75. The number of primary amides is 1. The van der Waals surface area contributed by atoms with Crippen molar-refractivity contribution in [3.05, 3.63) is 46.6 Å². The molecule has 0 heterocycles. The van der Waals surface area contributed by atoms with E-state index in [1.165, 1.54) is 13.0 Å². The van der Waals surface area contributed by atoms with Gasteiger partial charge in [0.1, 0.15) is 5.83 Å². The molecule has 0 unspecified atom stereocenters. The number of hydrogen-bond acceptors (Lipinski definition) is 1. The molecule has 1 amide bonds. The lowest BCUT2D eigenvalue weighted by Crippen LogP contribution is -2.16. The highest BCUT2D eigenvalue weighted by Crippen LogP contribution is 2.26. The molecule has 0 aromatic carbocycles. The molecule has 0 saturated carbocycles. The summed E-state index contributed by atoms with van der Waals surface area (Å²) in [7, 11) is 0. The number of carbonyl (C=O) groups excluding carboxylic acids is 1. The maximum absolute atomic E-state index is 14.4. The fourth-order valence-corrected chi connectivity index (χ4v) is 1.50. The summed E-state index contributed by atoms with van der Waals surface area (Å²) in [6.07, 6.45) is 5.89. The molecule has 0 aromatic heterocycles. The van der Waals surface area contributed by atoms with Crippen LogP contribution < -0.4 is 5.73 Å². The zero-order valence-electron chi connectivity index (χ0n) is 12.6. The van der Waals surface area contributed by atoms with Gasteiger partial charge in [-0.15, -0.1) is 0 Å². The van der Waals surface area contributed by atoms with Gasteiger partial charge in [-0.1, -0.05) is 26.3 Å². The van der Waals surface area contributed by atoms with Crippen LogP contribution in [0.2, 0.25) is 0 Å². The van der Waals surface area contributed by atoms with Gasteiger partial charge in [0, 0.05) is 11.1 Å². The van der Waals surface area contributed by atoms with Gasteiger partial charge < -0.3 is 5.73 Å². The van der Waals surface area contributed by atoms with Crippen molar-refractivity contribution in [2.24, 2.45) is 5.73 Å². The summed E-state index contributed by atoms with van der Waals surface area (Å²) < 4.78 is 27.2. The van der Waals surface area contributed by atoms with E-state index in [0.29, 0.717) is 18.4 Å². The van der Waals surface area contributed by atoms with E-state index in [1.54, 1.807) is 13.0 Å². The van der Waals surface area contributed by atoms with Crippen LogP contribution in [0.5, 0.6) is 0 Å². The van der Waals surface area contributed by atoms with E-state index in [0.717, 1.165) is 12.5 Å². The number of carbonyl (C=O) groups is 1. The van der Waals surface area contributed by atoms with Crippen LogP contribution in [0, 0.1) is 0 Å². The molecule has 0 aliphatic carbocycles. The minimum atomic E-state index is -0.714. The zero-order valence-corrected chi connectivity index (χ0v) is 12.6. The van der Waals surface area contributed by atoms with Crippen molar-refractivity contribution in [1.82, 2.24) is 0 Å². The van der Waals surface area contributed by atoms with Crippen molar-refractivity contribution in [1.29, 1.82) is 0 Å². The molecular formula is C16H23F2NO. The van der Waals surface area contributed by atoms with Gasteiger partial charge in [0.25, 0.3) is 0 Å². The lowest BCUT2D eigenvalue weighted by molar-refractivity contribution is -0.114. The summed E-state index contributed by atoms with van der Waals surface area (Å²) in [4.78, 5) is 11.5. The van der Waals surface area contributed by atoms with Gasteiger partial charge in [0.05, 0.1) is 5.83 Å². The van der Waals surface area contributed by atoms with E-state index < -0.39 is 17.6 Å². The molecule has 0 spiro atoms. The molecule has 0 aliphatic heterocycles. The first-order valence-electron chi connectivity index (χ1n) is 6.75. The van der Waals surface area contributed by atoms with Crippen molar-refractivity contribution < 1.29 is 13.6 Å². The van der Waals surface area contributed by atoms with Gasteiger partial charge >= 0.3 is 0 Å². The third kappa shape index (κ3) is 5.95. The number of rotatable bonds is 7. The lowest BCUT2D eigenvalue weighted by atomic mass is 9.98. The van der Waals surface area contributed by atoms with Crippen molar-refractivity contribution in [2.75, 3.05) is 0 Å². The van der Waals surface area contributed by atoms with E-state index in [2.05, 4.69) is 0 Å². The molecule has 0 atom stereocenters. The molecule has 4 heteroatoms. The number of nitrogens with two attached hydrogens (primary N) is 1. The topological polar surface area (TPSA) is 43.1 Å². The van der Waals surface area contributed by atoms with Crippen LogP contribution in [0.25, 0.3) is 0 Å². The minimum Gasteiger partial charge on any atom is -0.366 e. The second-order valence-electron chi connectivity index (χ2n) is 4.55. The van der Waals surface area contributed by atoms with Crippen LogP contribution in [0.15, 0.2) is 46.6 Å². The predicted octanol–water partition coefficient (Wildman–Crippen LogP) is 4.65. The monoisotopic (exact) mass is 283 g/mol. The summed E-state index contributed by atoms with van der Waals surface area (Å²) in [6.45, 7) is 6.63. The molecule has 0 saturated heterocycles. The quantitative estimate of drug-likeness (QED) is 0.536. The summed E-state index contributed by atoms with van der Waals surface area (Å²) in [6, 6.07) is 0. The molecule has 0 radical (unpaired) electrons. The van der Waals surface area contributed by atoms with Gasteiger partial charge in [-0.3, -0.25) is 4.79 Å². The Kier molecular flexibility index (Phi) is 8.45.